The van der Waals surface area contributed by atoms with Gasteiger partial charge in [0.2, 0.25) is 11.8 Å². The maximum Gasteiger partial charge on any atom is 0.264 e. The smallest absolute Gasteiger partial charge is 0.264 e. The predicted molar refractivity (Wildman–Crippen MR) is 197 cm³/mol. The number of nitrogens with one attached hydrogen (secondary N) is 1. The second kappa shape index (κ2) is 17.6. The van der Waals surface area contributed by atoms with Crippen LogP contribution in [0.4, 0.5) is 5.69 Å². The second-order valence-electron chi connectivity index (χ2n) is 11.3. The molecule has 11 heteroatoms. The van der Waals surface area contributed by atoms with Gasteiger partial charge in [-0.05, 0) is 86.2 Å². The molecule has 0 aromatic heterocycles. The molecule has 0 aliphatic carbocycles. The molecule has 0 spiro atoms. The number of carbonyl (C=O) groups is 2. The van der Waals surface area contributed by atoms with E-state index in [0.29, 0.717) is 18.8 Å². The summed E-state index contributed by atoms with van der Waals surface area (Å²) in [6, 6.07) is 29.3. The van der Waals surface area contributed by atoms with Gasteiger partial charge in [-0.1, -0.05) is 77.5 Å². The highest BCUT2D eigenvalue weighted by Crippen LogP contribution is 2.33. The van der Waals surface area contributed by atoms with Crippen LogP contribution < -0.4 is 14.4 Å². The molecule has 0 unspecified atom stereocenters. The lowest BCUT2D eigenvalue weighted by molar-refractivity contribution is -0.140. The normalized spacial score (nSPS) is 12.5. The van der Waals surface area contributed by atoms with Crippen molar-refractivity contribution in [1.29, 1.82) is 0 Å². The third-order valence-electron chi connectivity index (χ3n) is 7.90. The largest absolute Gasteiger partial charge is 0.492 e. The number of amides is 2. The molecule has 0 fully saturated rings. The maximum atomic E-state index is 14.7. The topological polar surface area (TPSA) is 96.0 Å². The number of para-hydroxylation sites is 2. The Labute approximate surface area is 297 Å². The number of sulfonamides is 1. The third kappa shape index (κ3) is 9.64. The minimum absolute atomic E-state index is 0.0363. The molecule has 0 saturated heterocycles. The molecular weight excluding hydrogens is 710 g/mol. The summed E-state index contributed by atoms with van der Waals surface area (Å²) < 4.78 is 36.7. The number of thioether (sulfide) groups is 1. The van der Waals surface area contributed by atoms with Crippen molar-refractivity contribution in [3.8, 4) is 5.75 Å². The zero-order chi connectivity index (χ0) is 34.7. The highest BCUT2D eigenvalue weighted by atomic mass is 79.9. The van der Waals surface area contributed by atoms with Gasteiger partial charge in [0.05, 0.1) is 17.2 Å². The predicted octanol–water partition coefficient (Wildman–Crippen LogP) is 7.32. The molecule has 0 radical (unpaired) electrons. The van der Waals surface area contributed by atoms with Gasteiger partial charge in [0, 0.05) is 28.4 Å². The van der Waals surface area contributed by atoms with Gasteiger partial charge in [-0.15, -0.1) is 11.8 Å². The van der Waals surface area contributed by atoms with Gasteiger partial charge in [-0.25, -0.2) is 8.42 Å². The summed E-state index contributed by atoms with van der Waals surface area (Å²) in [6.07, 6.45) is 2.86. The first-order chi connectivity index (χ1) is 23.1. The first-order valence-corrected chi connectivity index (χ1v) is 19.3. The van der Waals surface area contributed by atoms with Crippen molar-refractivity contribution in [2.45, 2.75) is 62.0 Å². The molecule has 0 bridgehead atoms. The Morgan fingerprint density at radius 2 is 1.52 bits per heavy atom. The Morgan fingerprint density at radius 3 is 2.15 bits per heavy atom. The Bertz CT molecular complexity index is 1750. The fourth-order valence-electron chi connectivity index (χ4n) is 5.11. The number of carbonyl (C=O) groups excluding carboxylic acids is 2. The van der Waals surface area contributed by atoms with Crippen molar-refractivity contribution >= 4 is 55.2 Å². The Balaban J connectivity index is 1.84. The van der Waals surface area contributed by atoms with E-state index in [1.165, 1.54) is 16.7 Å². The maximum absolute atomic E-state index is 14.7. The van der Waals surface area contributed by atoms with Crippen LogP contribution in [0.25, 0.3) is 0 Å². The van der Waals surface area contributed by atoms with Crippen LogP contribution in [0.15, 0.2) is 117 Å². The zero-order valence-electron chi connectivity index (χ0n) is 27.6. The number of nitrogens with zero attached hydrogens (tertiary/aromatic N) is 2. The van der Waals surface area contributed by atoms with Crippen LogP contribution in [-0.4, -0.2) is 56.6 Å². The first-order valence-electron chi connectivity index (χ1n) is 15.8. The van der Waals surface area contributed by atoms with Crippen molar-refractivity contribution in [1.82, 2.24) is 10.2 Å². The van der Waals surface area contributed by atoms with Gasteiger partial charge in [0.25, 0.3) is 10.0 Å². The van der Waals surface area contributed by atoms with Crippen molar-refractivity contribution in [3.05, 3.63) is 119 Å². The van der Waals surface area contributed by atoms with Crippen molar-refractivity contribution in [3.63, 3.8) is 0 Å². The summed E-state index contributed by atoms with van der Waals surface area (Å²) in [5.74, 6) is -0.517. The average molecular weight is 753 g/mol. The minimum Gasteiger partial charge on any atom is -0.492 e. The lowest BCUT2D eigenvalue weighted by atomic mass is 10.0. The van der Waals surface area contributed by atoms with Crippen molar-refractivity contribution < 1.29 is 22.7 Å². The van der Waals surface area contributed by atoms with Gasteiger partial charge < -0.3 is 15.0 Å². The standard InChI is InChI=1S/C37H42BrN3O5S2/c1-5-27(3)39-37(43)34(24-28-12-8-7-9-13-28)40(25-29-16-18-30(38)19-17-29)36(42)26-41(33-14-10-11-15-35(33)46-6-2)48(44,45)32-22-20-31(47-4)21-23-32/h7-23,27,34H,5-6,24-26H2,1-4H3,(H,39,43)/t27-,34+/m0/s1. The van der Waals surface area contributed by atoms with Crippen LogP contribution >= 0.6 is 27.7 Å². The average Bonchev–Trinajstić information content (AvgIpc) is 3.10. The third-order valence-corrected chi connectivity index (χ3v) is 10.9. The van der Waals surface area contributed by atoms with Crippen LogP contribution in [0.1, 0.15) is 38.3 Å². The summed E-state index contributed by atoms with van der Waals surface area (Å²) in [5.41, 5.74) is 1.89. The molecule has 2 atom stereocenters. The van der Waals surface area contributed by atoms with Crippen LogP contribution in [0.3, 0.4) is 0 Å². The SMILES string of the molecule is CCOc1ccccc1N(CC(=O)N(Cc1ccc(Br)cc1)[C@H](Cc1ccccc1)C(=O)N[C@@H](C)CC)S(=O)(=O)c1ccc(SC)cc1. The summed E-state index contributed by atoms with van der Waals surface area (Å²) >= 11 is 4.97. The van der Waals surface area contributed by atoms with Crippen molar-refractivity contribution in [2.75, 3.05) is 23.7 Å². The second-order valence-corrected chi connectivity index (χ2v) is 14.9. The minimum atomic E-state index is -4.26. The number of ether oxygens (including phenoxy) is 1. The summed E-state index contributed by atoms with van der Waals surface area (Å²) in [5, 5.41) is 3.06. The van der Waals surface area contributed by atoms with E-state index in [9.17, 15) is 18.0 Å². The molecule has 48 heavy (non-hydrogen) atoms. The van der Waals surface area contributed by atoms with E-state index in [4.69, 9.17) is 4.74 Å². The fourth-order valence-corrected chi connectivity index (χ4v) is 7.21. The van der Waals surface area contributed by atoms with E-state index >= 15 is 0 Å². The summed E-state index contributed by atoms with van der Waals surface area (Å²) in [7, 11) is -4.26. The zero-order valence-corrected chi connectivity index (χ0v) is 30.9. The van der Waals surface area contributed by atoms with Gasteiger partial charge in [0.1, 0.15) is 18.3 Å². The van der Waals surface area contributed by atoms with Crippen LogP contribution in [0.5, 0.6) is 5.75 Å². The summed E-state index contributed by atoms with van der Waals surface area (Å²) in [4.78, 5) is 31.2. The number of halogens is 1. The lowest BCUT2D eigenvalue weighted by Gasteiger charge is -2.34. The number of rotatable bonds is 16. The summed E-state index contributed by atoms with van der Waals surface area (Å²) in [6.45, 7) is 5.53. The van der Waals surface area contributed by atoms with Crippen LogP contribution in [-0.2, 0) is 32.6 Å². The molecule has 0 aliphatic rings. The number of hydrogen-bond acceptors (Lipinski definition) is 6. The van der Waals surface area contributed by atoms with E-state index in [1.54, 1.807) is 48.5 Å². The molecule has 254 valence electrons. The van der Waals surface area contributed by atoms with E-state index < -0.39 is 28.5 Å². The lowest BCUT2D eigenvalue weighted by Crippen LogP contribution is -2.54. The Hall–Kier alpha value is -3.80. The van der Waals surface area contributed by atoms with E-state index in [-0.39, 0.29) is 35.5 Å². The van der Waals surface area contributed by atoms with Crippen LogP contribution in [0, 0.1) is 0 Å². The van der Waals surface area contributed by atoms with Gasteiger partial charge in [-0.3, -0.25) is 13.9 Å². The Kier molecular flexibility index (Phi) is 13.5. The molecule has 0 heterocycles. The highest BCUT2D eigenvalue weighted by Gasteiger charge is 2.35. The van der Waals surface area contributed by atoms with Crippen LogP contribution in [0.2, 0.25) is 0 Å². The fraction of sp³-hybridized carbons (Fsp3) is 0.297. The highest BCUT2D eigenvalue weighted by molar-refractivity contribution is 9.10. The molecule has 1 N–H and O–H groups in total. The number of hydrogen-bond donors (Lipinski definition) is 1. The molecule has 0 saturated carbocycles. The van der Waals surface area contributed by atoms with E-state index in [0.717, 1.165) is 24.8 Å². The number of anilines is 1. The molecule has 8 nitrogen and oxygen atoms in total. The molecule has 4 aromatic rings. The van der Waals surface area contributed by atoms with Gasteiger partial charge in [0.15, 0.2) is 0 Å². The molecule has 0 aliphatic heterocycles. The Morgan fingerprint density at radius 1 is 0.875 bits per heavy atom. The van der Waals surface area contributed by atoms with Gasteiger partial charge in [-0.2, -0.15) is 0 Å². The molecule has 4 aromatic carbocycles. The monoisotopic (exact) mass is 751 g/mol. The van der Waals surface area contributed by atoms with E-state index in [1.807, 2.05) is 81.6 Å². The van der Waals surface area contributed by atoms with Gasteiger partial charge >= 0.3 is 0 Å². The number of benzene rings is 4. The molecule has 2 amide bonds. The first kappa shape index (κ1) is 37.0. The quantitative estimate of drug-likeness (QED) is 0.121. The van der Waals surface area contributed by atoms with Crippen molar-refractivity contribution in [2.24, 2.45) is 0 Å². The molecular formula is C37H42BrN3O5S2. The molecule has 4 rings (SSSR count). The van der Waals surface area contributed by atoms with E-state index in [2.05, 4.69) is 21.2 Å².